The molecule has 2 heterocycles. The monoisotopic (exact) mass is 249 g/mol. The maximum atomic E-state index is 9.46. The highest BCUT2D eigenvalue weighted by molar-refractivity contribution is 6.31. The molecule has 2 fully saturated rings. The molecule has 1 aromatic rings. The molecule has 0 unspecified atom stereocenters. The summed E-state index contributed by atoms with van der Waals surface area (Å²) in [5.74, 6) is 0. The van der Waals surface area contributed by atoms with Gasteiger partial charge in [0.2, 0.25) is 0 Å². The van der Waals surface area contributed by atoms with E-state index in [-0.39, 0.29) is 5.41 Å². The van der Waals surface area contributed by atoms with Crippen LogP contribution in [0.15, 0.2) is 24.3 Å². The number of hydrogen-bond donors (Lipinski definition) is 0. The molecule has 3 nitrogen and oxygen atoms in total. The molecule has 0 aromatic heterocycles. The third kappa shape index (κ3) is 1.29. The van der Waals surface area contributed by atoms with Gasteiger partial charge in [0, 0.05) is 5.02 Å². The lowest BCUT2D eigenvalue weighted by atomic mass is 9.58. The van der Waals surface area contributed by atoms with Crippen LogP contribution in [0.2, 0.25) is 5.02 Å². The summed E-state index contributed by atoms with van der Waals surface area (Å²) >= 11 is 6.26. The molecule has 2 saturated heterocycles. The predicted octanol–water partition coefficient (Wildman–Crippen LogP) is 2.15. The van der Waals surface area contributed by atoms with Crippen molar-refractivity contribution in [1.82, 2.24) is 0 Å². The van der Waals surface area contributed by atoms with Gasteiger partial charge in [-0.1, -0.05) is 29.8 Å². The summed E-state index contributed by atoms with van der Waals surface area (Å²) in [4.78, 5) is 0. The first-order chi connectivity index (χ1) is 8.24. The Labute approximate surface area is 105 Å². The molecular formula is C13H12ClNO2. The Morgan fingerprint density at radius 3 is 2.18 bits per heavy atom. The topological polar surface area (TPSA) is 42.2 Å². The van der Waals surface area contributed by atoms with Crippen molar-refractivity contribution in [2.75, 3.05) is 26.4 Å². The number of benzene rings is 1. The summed E-state index contributed by atoms with van der Waals surface area (Å²) in [6, 6.07) is 10.1. The van der Waals surface area contributed by atoms with Crippen molar-refractivity contribution in [2.45, 2.75) is 5.41 Å². The van der Waals surface area contributed by atoms with Gasteiger partial charge in [-0.05, 0) is 11.6 Å². The molecule has 88 valence electrons. The molecule has 0 aliphatic carbocycles. The Balaban J connectivity index is 2.10. The summed E-state index contributed by atoms with van der Waals surface area (Å²) in [6.07, 6.45) is 0. The van der Waals surface area contributed by atoms with E-state index in [2.05, 4.69) is 6.07 Å². The van der Waals surface area contributed by atoms with Gasteiger partial charge in [-0.3, -0.25) is 0 Å². The van der Waals surface area contributed by atoms with Gasteiger partial charge in [-0.25, -0.2) is 0 Å². The summed E-state index contributed by atoms with van der Waals surface area (Å²) in [7, 11) is 0. The second kappa shape index (κ2) is 3.71. The molecule has 0 spiro atoms. The molecule has 0 radical (unpaired) electrons. The van der Waals surface area contributed by atoms with Crippen LogP contribution in [0.4, 0.5) is 0 Å². The maximum absolute atomic E-state index is 9.46. The van der Waals surface area contributed by atoms with Crippen molar-refractivity contribution in [3.05, 3.63) is 34.9 Å². The van der Waals surface area contributed by atoms with Crippen molar-refractivity contribution < 1.29 is 9.47 Å². The number of ether oxygens (including phenoxy) is 2. The van der Waals surface area contributed by atoms with Crippen molar-refractivity contribution in [1.29, 1.82) is 5.26 Å². The minimum atomic E-state index is -0.476. The van der Waals surface area contributed by atoms with E-state index in [0.29, 0.717) is 31.5 Å². The molecule has 1 aromatic carbocycles. The molecule has 4 heteroatoms. The van der Waals surface area contributed by atoms with E-state index < -0.39 is 5.41 Å². The van der Waals surface area contributed by atoms with Crippen LogP contribution < -0.4 is 0 Å². The SMILES string of the molecule is N#CC1(C2(c3ccccc3Cl)COC2)COC1. The van der Waals surface area contributed by atoms with Crippen molar-refractivity contribution in [2.24, 2.45) is 5.41 Å². The average molecular weight is 250 g/mol. The summed E-state index contributed by atoms with van der Waals surface area (Å²) in [5.41, 5.74) is 0.243. The molecule has 0 bridgehead atoms. The Kier molecular flexibility index (Phi) is 2.41. The van der Waals surface area contributed by atoms with Crippen LogP contribution in [0.25, 0.3) is 0 Å². The average Bonchev–Trinajstić information content (AvgIpc) is 2.22. The summed E-state index contributed by atoms with van der Waals surface area (Å²) < 4.78 is 10.6. The molecule has 2 aliphatic heterocycles. The normalized spacial score (nSPS) is 24.2. The van der Waals surface area contributed by atoms with Crippen molar-refractivity contribution in [3.8, 4) is 6.07 Å². The first kappa shape index (κ1) is 11.0. The van der Waals surface area contributed by atoms with Crippen LogP contribution in [-0.4, -0.2) is 26.4 Å². The second-order valence-corrected chi connectivity index (χ2v) is 5.15. The maximum Gasteiger partial charge on any atom is 0.118 e. The molecule has 2 aliphatic rings. The summed E-state index contributed by atoms with van der Waals surface area (Å²) in [5, 5.41) is 10.2. The van der Waals surface area contributed by atoms with Crippen LogP contribution in [-0.2, 0) is 14.9 Å². The van der Waals surface area contributed by atoms with Gasteiger partial charge in [0.15, 0.2) is 0 Å². The fraction of sp³-hybridized carbons (Fsp3) is 0.462. The van der Waals surface area contributed by atoms with Crippen molar-refractivity contribution >= 4 is 11.6 Å². The van der Waals surface area contributed by atoms with Gasteiger partial charge < -0.3 is 9.47 Å². The van der Waals surface area contributed by atoms with Crippen molar-refractivity contribution in [3.63, 3.8) is 0 Å². The van der Waals surface area contributed by atoms with E-state index in [1.807, 2.05) is 24.3 Å². The van der Waals surface area contributed by atoms with Gasteiger partial charge in [0.1, 0.15) is 5.41 Å². The van der Waals surface area contributed by atoms with Crippen LogP contribution in [0.5, 0.6) is 0 Å². The van der Waals surface area contributed by atoms with Crippen LogP contribution >= 0.6 is 11.6 Å². The minimum absolute atomic E-state index is 0.293. The standard InChI is InChI=1S/C13H12ClNO2/c14-11-4-2-1-3-10(11)13(8-17-9-13)12(5-15)6-16-7-12/h1-4H,6-9H2. The van der Waals surface area contributed by atoms with E-state index >= 15 is 0 Å². The molecule has 0 saturated carbocycles. The van der Waals surface area contributed by atoms with Gasteiger partial charge in [-0.15, -0.1) is 0 Å². The third-order valence-electron chi connectivity index (χ3n) is 3.91. The zero-order valence-corrected chi connectivity index (χ0v) is 10.0. The number of halogens is 1. The van der Waals surface area contributed by atoms with Crippen LogP contribution in [0, 0.1) is 16.7 Å². The Morgan fingerprint density at radius 2 is 1.76 bits per heavy atom. The predicted molar refractivity (Wildman–Crippen MR) is 62.8 cm³/mol. The quantitative estimate of drug-likeness (QED) is 0.807. The number of rotatable bonds is 2. The zero-order chi connectivity index (χ0) is 11.9. The van der Waals surface area contributed by atoms with E-state index in [0.717, 1.165) is 5.56 Å². The smallest absolute Gasteiger partial charge is 0.118 e. The summed E-state index contributed by atoms with van der Waals surface area (Å²) in [6.45, 7) is 2.04. The lowest BCUT2D eigenvalue weighted by molar-refractivity contribution is -0.201. The lowest BCUT2D eigenvalue weighted by Crippen LogP contribution is -2.66. The Morgan fingerprint density at radius 1 is 1.12 bits per heavy atom. The molecule has 3 rings (SSSR count). The Bertz CT molecular complexity index is 486. The fourth-order valence-electron chi connectivity index (χ4n) is 2.60. The van der Waals surface area contributed by atoms with Gasteiger partial charge in [0.05, 0.1) is 37.9 Å². The van der Waals surface area contributed by atoms with Gasteiger partial charge in [-0.2, -0.15) is 5.26 Å². The number of nitrogens with zero attached hydrogens (tertiary/aromatic N) is 1. The van der Waals surface area contributed by atoms with E-state index in [4.69, 9.17) is 21.1 Å². The van der Waals surface area contributed by atoms with Crippen LogP contribution in [0.3, 0.4) is 0 Å². The van der Waals surface area contributed by atoms with E-state index in [9.17, 15) is 5.26 Å². The van der Waals surface area contributed by atoms with Crippen LogP contribution in [0.1, 0.15) is 5.56 Å². The third-order valence-corrected chi connectivity index (χ3v) is 4.24. The second-order valence-electron chi connectivity index (χ2n) is 4.74. The lowest BCUT2D eigenvalue weighted by Gasteiger charge is -2.55. The molecule has 17 heavy (non-hydrogen) atoms. The van der Waals surface area contributed by atoms with Gasteiger partial charge >= 0.3 is 0 Å². The van der Waals surface area contributed by atoms with E-state index in [1.165, 1.54) is 0 Å². The number of hydrogen-bond acceptors (Lipinski definition) is 3. The highest BCUT2D eigenvalue weighted by Gasteiger charge is 2.62. The zero-order valence-electron chi connectivity index (χ0n) is 9.28. The molecule has 0 atom stereocenters. The van der Waals surface area contributed by atoms with Gasteiger partial charge in [0.25, 0.3) is 0 Å². The highest BCUT2D eigenvalue weighted by atomic mass is 35.5. The fourth-order valence-corrected chi connectivity index (χ4v) is 2.92. The highest BCUT2D eigenvalue weighted by Crippen LogP contribution is 2.52. The largest absolute Gasteiger partial charge is 0.379 e. The first-order valence-electron chi connectivity index (χ1n) is 5.56. The van der Waals surface area contributed by atoms with E-state index in [1.54, 1.807) is 0 Å². The minimum Gasteiger partial charge on any atom is -0.379 e. The molecule has 0 amide bonds. The first-order valence-corrected chi connectivity index (χ1v) is 5.94. The Hall–Kier alpha value is -1.08. The number of nitriles is 1. The molecule has 0 N–H and O–H groups in total. The molecular weight excluding hydrogens is 238 g/mol.